The smallest absolute Gasteiger partial charge is 0.196 e. The molecule has 196 valence electrons. The summed E-state index contributed by atoms with van der Waals surface area (Å²) in [6.07, 6.45) is 4.68. The van der Waals surface area contributed by atoms with Gasteiger partial charge >= 0.3 is 0 Å². The van der Waals surface area contributed by atoms with Crippen molar-refractivity contribution in [3.63, 3.8) is 0 Å². The summed E-state index contributed by atoms with van der Waals surface area (Å²) >= 11 is 3.42. The van der Waals surface area contributed by atoms with Gasteiger partial charge in [0.15, 0.2) is 11.6 Å². The standard InChI is InChI=1S/C33H27FINO2S/c1-19-8-10-20(11-9-19)22-14-17-24(27(34)18-22)21-12-15-23(16-13-21)39-29-7-3-5-26-31(29)33(38)25-4-2-6-28(36-35)30(25)32(26)37/h2-7,12-20,36H,8-11H2,1H3. The van der Waals surface area contributed by atoms with Crippen LogP contribution in [0.3, 0.4) is 0 Å². The van der Waals surface area contributed by atoms with Gasteiger partial charge in [-0.2, -0.15) is 0 Å². The molecule has 3 nitrogen and oxygen atoms in total. The molecule has 1 N–H and O–H groups in total. The van der Waals surface area contributed by atoms with Gasteiger partial charge in [-0.1, -0.05) is 80.1 Å². The zero-order chi connectivity index (χ0) is 27.1. The van der Waals surface area contributed by atoms with Gasteiger partial charge in [-0.25, -0.2) is 4.39 Å². The number of hydrogen-bond acceptors (Lipinski definition) is 4. The van der Waals surface area contributed by atoms with Gasteiger partial charge in [-0.05, 0) is 66.1 Å². The molecule has 0 heterocycles. The molecule has 0 atom stereocenters. The van der Waals surface area contributed by atoms with Gasteiger partial charge in [-0.3, -0.25) is 9.59 Å². The van der Waals surface area contributed by atoms with Crippen LogP contribution in [0.4, 0.5) is 10.1 Å². The molecule has 39 heavy (non-hydrogen) atoms. The molecule has 0 bridgehead atoms. The van der Waals surface area contributed by atoms with Gasteiger partial charge in [-0.15, -0.1) is 0 Å². The number of anilines is 1. The summed E-state index contributed by atoms with van der Waals surface area (Å²) in [6, 6.07) is 24.1. The van der Waals surface area contributed by atoms with Gasteiger partial charge in [0.05, 0.1) is 34.1 Å². The monoisotopic (exact) mass is 647 g/mol. The van der Waals surface area contributed by atoms with E-state index >= 15 is 4.39 Å². The fraction of sp³-hybridized carbons (Fsp3) is 0.212. The molecule has 0 unspecified atom stereocenters. The number of carbonyl (C=O) groups is 2. The number of rotatable bonds is 5. The Kier molecular flexibility index (Phi) is 7.33. The van der Waals surface area contributed by atoms with Crippen LogP contribution in [-0.4, -0.2) is 11.6 Å². The van der Waals surface area contributed by atoms with Crippen LogP contribution < -0.4 is 3.53 Å². The molecule has 2 aliphatic rings. The van der Waals surface area contributed by atoms with E-state index in [0.717, 1.165) is 39.7 Å². The lowest BCUT2D eigenvalue weighted by atomic mass is 9.79. The second kappa shape index (κ2) is 10.9. The van der Waals surface area contributed by atoms with Gasteiger partial charge in [0.1, 0.15) is 5.82 Å². The molecule has 1 saturated carbocycles. The van der Waals surface area contributed by atoms with E-state index in [9.17, 15) is 9.59 Å². The maximum Gasteiger partial charge on any atom is 0.196 e. The van der Waals surface area contributed by atoms with Gasteiger partial charge in [0, 0.05) is 32.0 Å². The van der Waals surface area contributed by atoms with E-state index in [1.54, 1.807) is 30.3 Å². The average Bonchev–Trinajstić information content (AvgIpc) is 2.96. The van der Waals surface area contributed by atoms with Crippen LogP contribution in [0.2, 0.25) is 0 Å². The molecule has 0 radical (unpaired) electrons. The van der Waals surface area contributed by atoms with Crippen LogP contribution in [0.1, 0.15) is 75.9 Å². The Morgan fingerprint density at radius 3 is 2.15 bits per heavy atom. The topological polar surface area (TPSA) is 46.2 Å². The van der Waals surface area contributed by atoms with E-state index in [1.165, 1.54) is 24.6 Å². The molecular formula is C33H27FINO2S. The van der Waals surface area contributed by atoms with Crippen molar-refractivity contribution >= 4 is 51.9 Å². The molecular weight excluding hydrogens is 620 g/mol. The Balaban J connectivity index is 1.25. The SMILES string of the molecule is CC1CCC(c2ccc(-c3ccc(Sc4cccc5c4C(=O)c4cccc(NI)c4C5=O)cc3)c(F)c2)CC1. The first-order valence-electron chi connectivity index (χ1n) is 13.2. The summed E-state index contributed by atoms with van der Waals surface area (Å²) in [5, 5.41) is 0. The minimum absolute atomic E-state index is 0.151. The lowest BCUT2D eigenvalue weighted by molar-refractivity contribution is 0.0977. The molecule has 0 aromatic heterocycles. The zero-order valence-corrected chi connectivity index (χ0v) is 24.4. The molecule has 0 amide bonds. The quantitative estimate of drug-likeness (QED) is 0.153. The van der Waals surface area contributed by atoms with Crippen molar-refractivity contribution in [1.29, 1.82) is 0 Å². The third kappa shape index (κ3) is 4.93. The van der Waals surface area contributed by atoms with Crippen LogP contribution in [0.15, 0.2) is 88.7 Å². The number of nitrogens with one attached hydrogen (secondary N) is 1. The minimum Gasteiger partial charge on any atom is -0.328 e. The first-order valence-corrected chi connectivity index (χ1v) is 15.1. The molecule has 0 spiro atoms. The van der Waals surface area contributed by atoms with Crippen LogP contribution in [0.25, 0.3) is 11.1 Å². The molecule has 4 aromatic carbocycles. The number of carbonyl (C=O) groups excluding carboxylic acids is 2. The highest BCUT2D eigenvalue weighted by atomic mass is 127. The summed E-state index contributed by atoms with van der Waals surface area (Å²) in [7, 11) is 0. The molecule has 6 rings (SSSR count). The van der Waals surface area contributed by atoms with Crippen molar-refractivity contribution in [3.8, 4) is 11.1 Å². The molecule has 4 aromatic rings. The normalized spacial score (nSPS) is 18.4. The molecule has 0 aliphatic heterocycles. The Labute approximate surface area is 246 Å². The predicted molar refractivity (Wildman–Crippen MR) is 164 cm³/mol. The highest BCUT2D eigenvalue weighted by molar-refractivity contribution is 14.1. The van der Waals surface area contributed by atoms with Crippen molar-refractivity contribution in [2.45, 2.75) is 48.3 Å². The summed E-state index contributed by atoms with van der Waals surface area (Å²) < 4.78 is 18.2. The van der Waals surface area contributed by atoms with Crippen molar-refractivity contribution in [2.75, 3.05) is 3.53 Å². The first kappa shape index (κ1) is 26.3. The van der Waals surface area contributed by atoms with E-state index in [4.69, 9.17) is 0 Å². The fourth-order valence-electron chi connectivity index (χ4n) is 5.82. The number of halogens is 2. The predicted octanol–water partition coefficient (Wildman–Crippen LogP) is 9.47. The van der Waals surface area contributed by atoms with Gasteiger partial charge in [0.25, 0.3) is 0 Å². The maximum atomic E-state index is 15.2. The van der Waals surface area contributed by atoms with E-state index < -0.39 is 0 Å². The Morgan fingerprint density at radius 1 is 0.795 bits per heavy atom. The third-order valence-corrected chi connectivity index (χ3v) is 9.66. The lowest BCUT2D eigenvalue weighted by Crippen LogP contribution is -2.22. The zero-order valence-electron chi connectivity index (χ0n) is 21.5. The number of benzene rings is 4. The number of ketones is 2. The minimum atomic E-state index is -0.188. The highest BCUT2D eigenvalue weighted by Crippen LogP contribution is 2.40. The Hall–Kier alpha value is -2.97. The largest absolute Gasteiger partial charge is 0.328 e. The van der Waals surface area contributed by atoms with Crippen molar-refractivity contribution in [2.24, 2.45) is 5.92 Å². The van der Waals surface area contributed by atoms with Gasteiger partial charge < -0.3 is 3.53 Å². The third-order valence-electron chi connectivity index (χ3n) is 8.01. The molecule has 6 heteroatoms. The maximum absolute atomic E-state index is 15.2. The number of fused-ring (bicyclic) bond motifs is 2. The van der Waals surface area contributed by atoms with Crippen LogP contribution in [0, 0.1) is 11.7 Å². The summed E-state index contributed by atoms with van der Waals surface area (Å²) in [5.41, 5.74) is 4.84. The van der Waals surface area contributed by atoms with Crippen molar-refractivity contribution < 1.29 is 14.0 Å². The van der Waals surface area contributed by atoms with Gasteiger partial charge in [0.2, 0.25) is 0 Å². The Bertz CT molecular complexity index is 1590. The molecule has 1 fully saturated rings. The summed E-state index contributed by atoms with van der Waals surface area (Å²) in [4.78, 5) is 28.5. The first-order chi connectivity index (χ1) is 18.9. The van der Waals surface area contributed by atoms with E-state index in [-0.39, 0.29) is 17.4 Å². The summed E-state index contributed by atoms with van der Waals surface area (Å²) in [6.45, 7) is 2.30. The Morgan fingerprint density at radius 2 is 1.46 bits per heavy atom. The van der Waals surface area contributed by atoms with E-state index in [0.29, 0.717) is 39.4 Å². The summed E-state index contributed by atoms with van der Waals surface area (Å²) in [5.74, 6) is 0.725. The van der Waals surface area contributed by atoms with Crippen LogP contribution in [-0.2, 0) is 0 Å². The average molecular weight is 648 g/mol. The molecule has 2 aliphatic carbocycles. The second-order valence-corrected chi connectivity index (χ2v) is 12.1. The molecule has 0 saturated heterocycles. The van der Waals surface area contributed by atoms with Crippen molar-refractivity contribution in [1.82, 2.24) is 0 Å². The number of hydrogen-bond donors (Lipinski definition) is 1. The van der Waals surface area contributed by atoms with E-state index in [1.807, 2.05) is 65.3 Å². The highest BCUT2D eigenvalue weighted by Gasteiger charge is 2.33. The fourth-order valence-corrected chi connectivity index (χ4v) is 7.24. The lowest BCUT2D eigenvalue weighted by Gasteiger charge is -2.26. The second-order valence-electron chi connectivity index (χ2n) is 10.5. The van der Waals surface area contributed by atoms with E-state index in [2.05, 4.69) is 16.5 Å². The van der Waals surface area contributed by atoms with Crippen LogP contribution in [0.5, 0.6) is 0 Å². The van der Waals surface area contributed by atoms with Crippen LogP contribution >= 0.6 is 34.6 Å². The van der Waals surface area contributed by atoms with Crippen molar-refractivity contribution in [3.05, 3.63) is 112 Å².